The van der Waals surface area contributed by atoms with Crippen LogP contribution >= 0.6 is 11.3 Å². The Kier molecular flexibility index (Phi) is 6.20. The van der Waals surface area contributed by atoms with E-state index in [1.54, 1.807) is 0 Å². The molecule has 3 rings (SSSR count). The quantitative estimate of drug-likeness (QED) is 0.121. The average Bonchev–Trinajstić information content (AvgIpc) is 3.11. The summed E-state index contributed by atoms with van der Waals surface area (Å²) < 4.78 is 32.2. The van der Waals surface area contributed by atoms with Crippen LogP contribution in [0.1, 0.15) is 24.7 Å². The van der Waals surface area contributed by atoms with Crippen LogP contribution in [0, 0.1) is 5.92 Å². The zero-order valence-corrected chi connectivity index (χ0v) is 17.9. The minimum Gasteiger partial charge on any atom is -0.503 e. The highest BCUT2D eigenvalue weighted by Gasteiger charge is 2.51. The van der Waals surface area contributed by atoms with Gasteiger partial charge in [-0.2, -0.15) is 13.1 Å². The number of β-lactam (4-membered cyclic amide) rings is 1. The lowest BCUT2D eigenvalue weighted by Crippen LogP contribution is -2.62. The number of hydrogen-bond acceptors (Lipinski definition) is 12. The van der Waals surface area contributed by atoms with Crippen molar-refractivity contribution >= 4 is 44.2 Å². The molecule has 3 heterocycles. The molecule has 1 aliphatic heterocycles. The first-order chi connectivity index (χ1) is 14.9. The minimum atomic E-state index is -4.74. The molecule has 1 amide bonds. The van der Waals surface area contributed by atoms with Gasteiger partial charge in [0.25, 0.3) is 0 Å². The summed E-state index contributed by atoms with van der Waals surface area (Å²) in [5.41, 5.74) is 4.43. The number of anilines is 1. The van der Waals surface area contributed by atoms with Crippen molar-refractivity contribution in [3.8, 4) is 5.75 Å². The Morgan fingerprint density at radius 2 is 2.09 bits per heavy atom. The summed E-state index contributed by atoms with van der Waals surface area (Å²) in [6.45, 7) is 0.879. The zero-order valence-electron chi connectivity index (χ0n) is 16.3. The highest BCUT2D eigenvalue weighted by Crippen LogP contribution is 2.32. The third-order valence-corrected chi connectivity index (χ3v) is 6.31. The van der Waals surface area contributed by atoms with E-state index >= 15 is 0 Å². The Labute approximate surface area is 184 Å². The van der Waals surface area contributed by atoms with Gasteiger partial charge in [-0.05, 0) is 6.92 Å². The van der Waals surface area contributed by atoms with Crippen molar-refractivity contribution in [1.29, 1.82) is 0 Å². The molecule has 0 saturated carbocycles. The van der Waals surface area contributed by atoms with Gasteiger partial charge in [0.1, 0.15) is 11.4 Å². The molecule has 0 spiro atoms. The lowest BCUT2D eigenvalue weighted by Gasteiger charge is -2.41. The van der Waals surface area contributed by atoms with Crippen LogP contribution in [0.4, 0.5) is 5.13 Å². The molecule has 0 unspecified atom stereocenters. The number of Topliss-reactive ketones (excluding diaryl/α,β-unsaturated/α-hetero) is 1. The van der Waals surface area contributed by atoms with Crippen LogP contribution in [0.15, 0.2) is 27.6 Å². The molecular weight excluding hydrogens is 470 g/mol. The molecule has 0 bridgehead atoms. The number of pyridine rings is 1. The molecule has 0 radical (unpaired) electrons. The fraction of sp³-hybridized carbons (Fsp3) is 0.312. The standard InChI is InChI=1S/C16H17N5O9S2/c1-7-9(15(25)21(7)32(27,28)29)3-12(23)14(10-6-31-16(17)18-10)19-30-5-8-2-11(22)13(24)4-20(8)26/h2,4,6-7,9,24,26H,3,5H2,1H3,(H2,17,18)(H,27,28,29)/b19-14-/t7-,9-/m0/s1. The van der Waals surface area contributed by atoms with Gasteiger partial charge < -0.3 is 20.9 Å². The Morgan fingerprint density at radius 1 is 1.41 bits per heavy atom. The Bertz CT molecular complexity index is 1270. The second-order valence-electron chi connectivity index (χ2n) is 6.73. The van der Waals surface area contributed by atoms with E-state index in [4.69, 9.17) is 15.1 Å². The molecule has 0 aliphatic carbocycles. The Balaban J connectivity index is 1.79. The third kappa shape index (κ3) is 4.56. The van der Waals surface area contributed by atoms with Crippen LogP contribution in [-0.4, -0.2) is 60.7 Å². The Hall–Kier alpha value is -3.50. The van der Waals surface area contributed by atoms with E-state index in [0.29, 0.717) is 4.73 Å². The lowest BCUT2D eigenvalue weighted by molar-refractivity contribution is -0.147. The topological polar surface area (TPSA) is 215 Å². The van der Waals surface area contributed by atoms with Gasteiger partial charge in [0.05, 0.1) is 18.2 Å². The number of carbonyl (C=O) groups is 2. The van der Waals surface area contributed by atoms with Crippen molar-refractivity contribution in [1.82, 2.24) is 14.0 Å². The number of nitrogens with two attached hydrogens (primary N) is 1. The maximum Gasteiger partial charge on any atom is 0.362 e. The van der Waals surface area contributed by atoms with E-state index in [-0.39, 0.29) is 26.5 Å². The molecule has 0 aromatic carbocycles. The molecule has 32 heavy (non-hydrogen) atoms. The molecule has 16 heteroatoms. The van der Waals surface area contributed by atoms with Crippen molar-refractivity contribution < 1.29 is 37.7 Å². The third-order valence-electron chi connectivity index (χ3n) is 4.63. The molecule has 5 N–H and O–H groups in total. The average molecular weight is 487 g/mol. The van der Waals surface area contributed by atoms with Gasteiger partial charge in [-0.1, -0.05) is 5.16 Å². The molecule has 172 valence electrons. The SMILES string of the molecule is C[C@H]1[C@H](CC(=O)/C(=N\OCc2cc(=O)c(O)cn2O)c2csc(N)n2)C(=O)N1S(=O)(=O)O. The first kappa shape index (κ1) is 23.2. The molecule has 2 aromatic rings. The van der Waals surface area contributed by atoms with Crippen LogP contribution in [0.5, 0.6) is 5.75 Å². The van der Waals surface area contributed by atoms with Gasteiger partial charge in [-0.3, -0.25) is 18.9 Å². The summed E-state index contributed by atoms with van der Waals surface area (Å²) in [7, 11) is -4.74. The first-order valence-corrected chi connectivity index (χ1v) is 11.1. The fourth-order valence-electron chi connectivity index (χ4n) is 2.99. The fourth-order valence-corrected chi connectivity index (χ4v) is 4.47. The van der Waals surface area contributed by atoms with Gasteiger partial charge in [0.15, 0.2) is 29.0 Å². The monoisotopic (exact) mass is 487 g/mol. The van der Waals surface area contributed by atoms with Gasteiger partial charge in [0, 0.05) is 17.9 Å². The van der Waals surface area contributed by atoms with E-state index in [2.05, 4.69) is 10.1 Å². The number of nitrogen functional groups attached to an aromatic ring is 1. The lowest BCUT2D eigenvalue weighted by atomic mass is 9.86. The largest absolute Gasteiger partial charge is 0.503 e. The number of ketones is 1. The van der Waals surface area contributed by atoms with Crippen LogP contribution in [-0.2, 0) is 31.3 Å². The maximum atomic E-state index is 12.8. The van der Waals surface area contributed by atoms with Crippen LogP contribution in [0.25, 0.3) is 0 Å². The summed E-state index contributed by atoms with van der Waals surface area (Å²) in [6.07, 6.45) is 0.304. The number of hydrogen-bond donors (Lipinski definition) is 4. The number of amides is 1. The van der Waals surface area contributed by atoms with Gasteiger partial charge in [-0.15, -0.1) is 11.3 Å². The maximum absolute atomic E-state index is 12.8. The summed E-state index contributed by atoms with van der Waals surface area (Å²) >= 11 is 1.01. The van der Waals surface area contributed by atoms with Crippen LogP contribution < -0.4 is 11.2 Å². The summed E-state index contributed by atoms with van der Waals surface area (Å²) in [4.78, 5) is 45.4. The number of aromatic hydroxyl groups is 1. The van der Waals surface area contributed by atoms with E-state index in [1.165, 1.54) is 12.3 Å². The second-order valence-corrected chi connectivity index (χ2v) is 8.91. The van der Waals surface area contributed by atoms with Gasteiger partial charge in [-0.25, -0.2) is 9.29 Å². The van der Waals surface area contributed by atoms with Crippen LogP contribution in [0.2, 0.25) is 0 Å². The Morgan fingerprint density at radius 3 is 2.66 bits per heavy atom. The number of nitrogens with zero attached hydrogens (tertiary/aromatic N) is 4. The minimum absolute atomic E-state index is 0.0376. The molecular formula is C16H17N5O9S2. The predicted molar refractivity (Wildman–Crippen MR) is 108 cm³/mol. The van der Waals surface area contributed by atoms with Crippen molar-refractivity contribution in [3.63, 3.8) is 0 Å². The highest BCUT2D eigenvalue weighted by atomic mass is 32.2. The molecule has 1 fully saturated rings. The number of aromatic nitrogens is 2. The molecule has 2 atom stereocenters. The first-order valence-electron chi connectivity index (χ1n) is 8.79. The van der Waals surface area contributed by atoms with E-state index in [1.807, 2.05) is 0 Å². The number of carbonyl (C=O) groups excluding carboxylic acids is 2. The summed E-state index contributed by atoms with van der Waals surface area (Å²) in [6, 6.07) is -0.0591. The van der Waals surface area contributed by atoms with Gasteiger partial charge in [0.2, 0.25) is 11.3 Å². The van der Waals surface area contributed by atoms with Crippen LogP contribution in [0.3, 0.4) is 0 Å². The van der Waals surface area contributed by atoms with Crippen molar-refractivity contribution in [2.75, 3.05) is 5.73 Å². The van der Waals surface area contributed by atoms with E-state index < -0.39 is 58.2 Å². The number of oxime groups is 1. The van der Waals surface area contributed by atoms with E-state index in [9.17, 15) is 33.1 Å². The molecule has 1 aliphatic rings. The normalized spacial score (nSPS) is 19.0. The zero-order chi connectivity index (χ0) is 23.8. The number of thiazole rings is 1. The number of rotatable bonds is 8. The summed E-state index contributed by atoms with van der Waals surface area (Å²) in [5.74, 6) is -3.38. The predicted octanol–water partition coefficient (Wildman–Crippen LogP) is -0.640. The molecule has 1 saturated heterocycles. The second kappa shape index (κ2) is 8.56. The summed E-state index contributed by atoms with van der Waals surface area (Å²) in [5, 5.41) is 24.2. The smallest absolute Gasteiger partial charge is 0.362 e. The highest BCUT2D eigenvalue weighted by molar-refractivity contribution is 7.84. The molecule has 2 aromatic heterocycles. The van der Waals surface area contributed by atoms with Crippen molar-refractivity contribution in [2.45, 2.75) is 26.0 Å². The molecule has 14 nitrogen and oxygen atoms in total. The van der Waals surface area contributed by atoms with Gasteiger partial charge >= 0.3 is 10.3 Å². The van der Waals surface area contributed by atoms with E-state index in [0.717, 1.165) is 23.6 Å². The van der Waals surface area contributed by atoms with Crippen molar-refractivity contribution in [3.05, 3.63) is 39.3 Å². The van der Waals surface area contributed by atoms with Crippen molar-refractivity contribution in [2.24, 2.45) is 11.1 Å².